The zero-order chi connectivity index (χ0) is 13.2. The average Bonchev–Trinajstić information content (AvgIpc) is 2.44. The maximum Gasteiger partial charge on any atom is 0.269 e. The van der Waals surface area contributed by atoms with Crippen LogP contribution < -0.4 is 5.56 Å². The molecule has 0 fully saturated rings. The van der Waals surface area contributed by atoms with Gasteiger partial charge in [-0.15, -0.1) is 0 Å². The summed E-state index contributed by atoms with van der Waals surface area (Å²) < 4.78 is 1.77. The van der Waals surface area contributed by atoms with Crippen LogP contribution in [-0.2, 0) is 6.54 Å². The van der Waals surface area contributed by atoms with E-state index in [-0.39, 0.29) is 5.56 Å². The normalized spacial score (nSPS) is 10.8. The van der Waals surface area contributed by atoms with Crippen LogP contribution in [0.2, 0.25) is 0 Å². The number of aryl methyl sites for hydroxylation is 1. The molecule has 0 amide bonds. The number of para-hydroxylation sites is 2. The molecule has 0 aliphatic heterocycles. The molecule has 0 N–H and O–H groups in total. The van der Waals surface area contributed by atoms with Gasteiger partial charge < -0.3 is 4.57 Å². The molecule has 0 saturated carbocycles. The highest BCUT2D eigenvalue weighted by molar-refractivity contribution is 5.74. The fourth-order valence-electron chi connectivity index (χ4n) is 2.24. The fraction of sp³-hybridized carbons (Fsp3) is 0.125. The molecule has 2 aromatic carbocycles. The van der Waals surface area contributed by atoms with E-state index in [1.54, 1.807) is 4.57 Å². The number of hydrogen-bond acceptors (Lipinski definition) is 2. The van der Waals surface area contributed by atoms with E-state index >= 15 is 0 Å². The smallest absolute Gasteiger partial charge is 0.269 e. The Labute approximate surface area is 111 Å². The summed E-state index contributed by atoms with van der Waals surface area (Å²) in [5.74, 6) is 0. The SMILES string of the molecule is Cc1ccccc1Cn1c(=O)cnc2ccccc21. The first-order chi connectivity index (χ1) is 9.25. The predicted molar refractivity (Wildman–Crippen MR) is 76.3 cm³/mol. The van der Waals surface area contributed by atoms with Gasteiger partial charge in [0.2, 0.25) is 0 Å². The van der Waals surface area contributed by atoms with Crippen molar-refractivity contribution >= 4 is 11.0 Å². The second-order valence-corrected chi connectivity index (χ2v) is 4.60. The Morgan fingerprint density at radius 2 is 1.79 bits per heavy atom. The summed E-state index contributed by atoms with van der Waals surface area (Å²) in [6, 6.07) is 15.8. The van der Waals surface area contributed by atoms with E-state index in [0.29, 0.717) is 6.54 Å². The van der Waals surface area contributed by atoms with E-state index < -0.39 is 0 Å². The summed E-state index contributed by atoms with van der Waals surface area (Å²) in [6.07, 6.45) is 1.39. The lowest BCUT2D eigenvalue weighted by molar-refractivity contribution is 0.782. The molecule has 0 atom stereocenters. The van der Waals surface area contributed by atoms with E-state index in [2.05, 4.69) is 24.0 Å². The van der Waals surface area contributed by atoms with Crippen molar-refractivity contribution in [2.45, 2.75) is 13.5 Å². The number of rotatable bonds is 2. The lowest BCUT2D eigenvalue weighted by atomic mass is 10.1. The molecule has 0 radical (unpaired) electrons. The predicted octanol–water partition coefficient (Wildman–Crippen LogP) is 2.75. The monoisotopic (exact) mass is 250 g/mol. The van der Waals surface area contributed by atoms with Crippen molar-refractivity contribution in [2.24, 2.45) is 0 Å². The average molecular weight is 250 g/mol. The largest absolute Gasteiger partial charge is 0.301 e. The first-order valence-corrected chi connectivity index (χ1v) is 6.25. The number of nitrogens with zero attached hydrogens (tertiary/aromatic N) is 2. The van der Waals surface area contributed by atoms with Crippen LogP contribution in [0.5, 0.6) is 0 Å². The minimum Gasteiger partial charge on any atom is -0.301 e. The summed E-state index contributed by atoms with van der Waals surface area (Å²) in [6.45, 7) is 2.64. The number of hydrogen-bond donors (Lipinski definition) is 0. The molecule has 0 aliphatic carbocycles. The van der Waals surface area contributed by atoms with Gasteiger partial charge in [0.15, 0.2) is 0 Å². The second kappa shape index (κ2) is 4.69. The van der Waals surface area contributed by atoms with Crippen LogP contribution in [0.4, 0.5) is 0 Å². The van der Waals surface area contributed by atoms with Crippen LogP contribution in [0.25, 0.3) is 11.0 Å². The highest BCUT2D eigenvalue weighted by Gasteiger charge is 2.05. The third-order valence-corrected chi connectivity index (χ3v) is 3.34. The van der Waals surface area contributed by atoms with Crippen molar-refractivity contribution in [3.05, 3.63) is 76.2 Å². The quantitative estimate of drug-likeness (QED) is 0.701. The Bertz CT molecular complexity index is 790. The van der Waals surface area contributed by atoms with Gasteiger partial charge in [-0.25, -0.2) is 4.98 Å². The number of benzene rings is 2. The van der Waals surface area contributed by atoms with Gasteiger partial charge in [0.1, 0.15) is 0 Å². The Morgan fingerprint density at radius 3 is 2.63 bits per heavy atom. The Balaban J connectivity index is 2.18. The maximum absolute atomic E-state index is 12.0. The fourth-order valence-corrected chi connectivity index (χ4v) is 2.24. The zero-order valence-corrected chi connectivity index (χ0v) is 10.7. The molecule has 3 aromatic rings. The van der Waals surface area contributed by atoms with Gasteiger partial charge in [-0.1, -0.05) is 36.4 Å². The molecule has 94 valence electrons. The van der Waals surface area contributed by atoms with Crippen molar-refractivity contribution in [3.8, 4) is 0 Å². The molecule has 0 bridgehead atoms. The third kappa shape index (κ3) is 2.15. The summed E-state index contributed by atoms with van der Waals surface area (Å²) >= 11 is 0. The van der Waals surface area contributed by atoms with E-state index in [9.17, 15) is 4.79 Å². The van der Waals surface area contributed by atoms with E-state index in [1.807, 2.05) is 36.4 Å². The van der Waals surface area contributed by atoms with Crippen molar-refractivity contribution in [2.75, 3.05) is 0 Å². The molecule has 3 nitrogen and oxygen atoms in total. The molecule has 0 spiro atoms. The highest BCUT2D eigenvalue weighted by Crippen LogP contribution is 2.13. The molecular formula is C16H14N2O. The molecular weight excluding hydrogens is 236 g/mol. The summed E-state index contributed by atoms with van der Waals surface area (Å²) in [5.41, 5.74) is 3.99. The topological polar surface area (TPSA) is 34.9 Å². The van der Waals surface area contributed by atoms with Gasteiger partial charge in [0.25, 0.3) is 5.56 Å². The van der Waals surface area contributed by atoms with Gasteiger partial charge in [0.05, 0.1) is 23.8 Å². The Morgan fingerprint density at radius 1 is 1.05 bits per heavy atom. The first-order valence-electron chi connectivity index (χ1n) is 6.25. The lowest BCUT2D eigenvalue weighted by Crippen LogP contribution is -2.21. The second-order valence-electron chi connectivity index (χ2n) is 4.60. The van der Waals surface area contributed by atoms with Crippen molar-refractivity contribution in [3.63, 3.8) is 0 Å². The molecule has 3 heteroatoms. The molecule has 0 aliphatic rings. The van der Waals surface area contributed by atoms with Crippen LogP contribution >= 0.6 is 0 Å². The molecule has 1 heterocycles. The van der Waals surface area contributed by atoms with Gasteiger partial charge in [-0.05, 0) is 30.2 Å². The minimum atomic E-state index is -0.0676. The molecule has 0 saturated heterocycles. The van der Waals surface area contributed by atoms with E-state index in [1.165, 1.54) is 11.8 Å². The van der Waals surface area contributed by atoms with Crippen LogP contribution in [0, 0.1) is 6.92 Å². The first kappa shape index (κ1) is 11.7. The van der Waals surface area contributed by atoms with Crippen LogP contribution in [-0.4, -0.2) is 9.55 Å². The van der Waals surface area contributed by atoms with Gasteiger partial charge in [-0.3, -0.25) is 4.79 Å². The molecule has 0 unspecified atom stereocenters. The Hall–Kier alpha value is -2.42. The van der Waals surface area contributed by atoms with Crippen LogP contribution in [0.15, 0.2) is 59.5 Å². The van der Waals surface area contributed by atoms with Crippen molar-refractivity contribution < 1.29 is 0 Å². The van der Waals surface area contributed by atoms with Gasteiger partial charge in [0, 0.05) is 0 Å². The van der Waals surface area contributed by atoms with Crippen molar-refractivity contribution in [1.29, 1.82) is 0 Å². The highest BCUT2D eigenvalue weighted by atomic mass is 16.1. The lowest BCUT2D eigenvalue weighted by Gasteiger charge is -2.11. The third-order valence-electron chi connectivity index (χ3n) is 3.34. The standard InChI is InChI=1S/C16H14N2O/c1-12-6-2-3-7-13(12)11-18-15-9-5-4-8-14(15)17-10-16(18)19/h2-10H,11H2,1H3. The number of fused-ring (bicyclic) bond motifs is 1. The van der Waals surface area contributed by atoms with Crippen LogP contribution in [0.3, 0.4) is 0 Å². The minimum absolute atomic E-state index is 0.0676. The Kier molecular flexibility index (Phi) is 2.88. The van der Waals surface area contributed by atoms with Gasteiger partial charge in [-0.2, -0.15) is 0 Å². The molecule has 3 rings (SSSR count). The van der Waals surface area contributed by atoms with Crippen molar-refractivity contribution in [1.82, 2.24) is 9.55 Å². The summed E-state index contributed by atoms with van der Waals surface area (Å²) in [7, 11) is 0. The maximum atomic E-state index is 12.0. The van der Waals surface area contributed by atoms with Crippen LogP contribution in [0.1, 0.15) is 11.1 Å². The summed E-state index contributed by atoms with van der Waals surface area (Å²) in [4.78, 5) is 16.2. The molecule has 19 heavy (non-hydrogen) atoms. The van der Waals surface area contributed by atoms with Gasteiger partial charge >= 0.3 is 0 Å². The van der Waals surface area contributed by atoms with E-state index in [0.717, 1.165) is 16.6 Å². The van der Waals surface area contributed by atoms with E-state index in [4.69, 9.17) is 0 Å². The number of aromatic nitrogens is 2. The zero-order valence-electron chi connectivity index (χ0n) is 10.7. The molecule has 1 aromatic heterocycles. The summed E-state index contributed by atoms with van der Waals surface area (Å²) in [5, 5.41) is 0.